The van der Waals surface area contributed by atoms with Crippen LogP contribution < -0.4 is 4.90 Å². The van der Waals surface area contributed by atoms with Crippen LogP contribution in [0, 0.1) is 23.5 Å². The first-order valence-electron chi connectivity index (χ1n) is 4.01. The average molecular weight is 224 g/mol. The summed E-state index contributed by atoms with van der Waals surface area (Å²) >= 11 is 0. The highest BCUT2D eigenvalue weighted by molar-refractivity contribution is 5.47. The molecule has 0 aliphatic heterocycles. The van der Waals surface area contributed by atoms with Gasteiger partial charge in [-0.1, -0.05) is 0 Å². The molecule has 3 nitrogen and oxygen atoms in total. The fourth-order valence-electron chi connectivity index (χ4n) is 1.07. The van der Waals surface area contributed by atoms with Crippen molar-refractivity contribution in [1.29, 1.82) is 0 Å². The third-order valence-corrected chi connectivity index (χ3v) is 1.79. The lowest BCUT2D eigenvalue weighted by Crippen LogP contribution is -2.25. The number of rotatable bonds is 3. The van der Waals surface area contributed by atoms with Gasteiger partial charge in [-0.25, -0.2) is 0 Å². The van der Waals surface area contributed by atoms with Crippen LogP contribution >= 0.6 is 0 Å². The normalized spacial score (nSPS) is 10.5. The number of pyridine rings is 1. The van der Waals surface area contributed by atoms with Crippen LogP contribution in [0.2, 0.25) is 0 Å². The van der Waals surface area contributed by atoms with Crippen molar-refractivity contribution in [3.05, 3.63) is 23.5 Å². The molecule has 0 amide bonds. The standard InChI is InChI=1S/C8H8F4N2O/c1-14(2-3-15)6-4(9)7(11)13-8(12)5(6)10/h15H,2-3H2,1H3. The predicted octanol–water partition coefficient (Wildman–Crippen LogP) is 1.07. The number of nitrogens with zero attached hydrogens (tertiary/aromatic N) is 2. The molecule has 0 unspecified atom stereocenters. The number of likely N-dealkylation sites (N-methyl/N-ethyl adjacent to an activating group) is 1. The van der Waals surface area contributed by atoms with Gasteiger partial charge in [-0.3, -0.25) is 0 Å². The Morgan fingerprint density at radius 2 is 1.60 bits per heavy atom. The maximum Gasteiger partial charge on any atom is 0.253 e. The number of hydrogen-bond donors (Lipinski definition) is 1. The monoisotopic (exact) mass is 224 g/mol. The molecule has 0 atom stereocenters. The van der Waals surface area contributed by atoms with E-state index in [9.17, 15) is 17.6 Å². The minimum Gasteiger partial charge on any atom is -0.395 e. The maximum absolute atomic E-state index is 13.0. The molecule has 0 aromatic carbocycles. The molecule has 0 spiro atoms. The minimum atomic E-state index is -1.71. The van der Waals surface area contributed by atoms with E-state index in [1.165, 1.54) is 7.05 Å². The van der Waals surface area contributed by atoms with Gasteiger partial charge >= 0.3 is 0 Å². The second-order valence-electron chi connectivity index (χ2n) is 2.82. The Morgan fingerprint density at radius 1 is 1.13 bits per heavy atom. The van der Waals surface area contributed by atoms with Gasteiger partial charge in [-0.2, -0.15) is 22.5 Å². The van der Waals surface area contributed by atoms with Crippen molar-refractivity contribution >= 4 is 5.69 Å². The summed E-state index contributed by atoms with van der Waals surface area (Å²) in [7, 11) is 1.19. The van der Waals surface area contributed by atoms with Gasteiger partial charge in [0.05, 0.1) is 6.61 Å². The highest BCUT2D eigenvalue weighted by atomic mass is 19.2. The zero-order valence-corrected chi connectivity index (χ0v) is 7.77. The van der Waals surface area contributed by atoms with Crippen molar-refractivity contribution in [2.75, 3.05) is 25.1 Å². The molecule has 0 bridgehead atoms. The average Bonchev–Trinajstić information content (AvgIpc) is 2.16. The number of anilines is 1. The lowest BCUT2D eigenvalue weighted by molar-refractivity contribution is 0.302. The maximum atomic E-state index is 13.0. The van der Waals surface area contributed by atoms with Crippen molar-refractivity contribution < 1.29 is 22.7 Å². The van der Waals surface area contributed by atoms with E-state index in [2.05, 4.69) is 4.98 Å². The zero-order valence-electron chi connectivity index (χ0n) is 7.77. The van der Waals surface area contributed by atoms with Crippen molar-refractivity contribution in [2.45, 2.75) is 0 Å². The fraction of sp³-hybridized carbons (Fsp3) is 0.375. The summed E-state index contributed by atoms with van der Waals surface area (Å²) in [6, 6.07) is 0. The van der Waals surface area contributed by atoms with E-state index < -0.39 is 35.8 Å². The number of halogens is 4. The van der Waals surface area contributed by atoms with Crippen LogP contribution in [0.15, 0.2) is 0 Å². The fourth-order valence-corrected chi connectivity index (χ4v) is 1.07. The molecular weight excluding hydrogens is 216 g/mol. The molecule has 1 aromatic rings. The lowest BCUT2D eigenvalue weighted by Gasteiger charge is -2.19. The van der Waals surface area contributed by atoms with E-state index in [0.29, 0.717) is 0 Å². The molecule has 0 aliphatic rings. The molecule has 0 saturated heterocycles. The molecule has 15 heavy (non-hydrogen) atoms. The largest absolute Gasteiger partial charge is 0.395 e. The van der Waals surface area contributed by atoms with Crippen LogP contribution in [0.25, 0.3) is 0 Å². The first-order chi connectivity index (χ1) is 6.99. The summed E-state index contributed by atoms with van der Waals surface area (Å²) in [4.78, 5) is 3.26. The second-order valence-corrected chi connectivity index (χ2v) is 2.82. The van der Waals surface area contributed by atoms with Gasteiger partial charge in [0, 0.05) is 13.6 Å². The van der Waals surface area contributed by atoms with Gasteiger partial charge in [-0.05, 0) is 0 Å². The van der Waals surface area contributed by atoms with E-state index in [1.807, 2.05) is 0 Å². The highest BCUT2D eigenvalue weighted by Gasteiger charge is 2.23. The molecule has 0 saturated carbocycles. The summed E-state index contributed by atoms with van der Waals surface area (Å²) in [5, 5.41) is 8.53. The molecule has 1 aromatic heterocycles. The molecule has 1 N–H and O–H groups in total. The first-order valence-corrected chi connectivity index (χ1v) is 4.01. The Hall–Kier alpha value is -1.37. The van der Waals surface area contributed by atoms with Crippen molar-refractivity contribution in [1.82, 2.24) is 4.98 Å². The van der Waals surface area contributed by atoms with E-state index in [-0.39, 0.29) is 6.54 Å². The van der Waals surface area contributed by atoms with Crippen LogP contribution in [0.3, 0.4) is 0 Å². The lowest BCUT2D eigenvalue weighted by atomic mass is 10.3. The Balaban J connectivity index is 3.26. The molecular formula is C8H8F4N2O. The predicted molar refractivity (Wildman–Crippen MR) is 44.4 cm³/mol. The van der Waals surface area contributed by atoms with Gasteiger partial charge in [-0.15, -0.1) is 0 Å². The number of hydrogen-bond acceptors (Lipinski definition) is 3. The number of aliphatic hydroxyl groups excluding tert-OH is 1. The van der Waals surface area contributed by atoms with Gasteiger partial charge < -0.3 is 10.0 Å². The van der Waals surface area contributed by atoms with Crippen LogP contribution in [0.5, 0.6) is 0 Å². The molecule has 0 radical (unpaired) electrons. The Morgan fingerprint density at radius 3 is 2.00 bits per heavy atom. The Bertz CT molecular complexity index is 346. The third kappa shape index (κ3) is 2.17. The van der Waals surface area contributed by atoms with Crippen LogP contribution in [0.1, 0.15) is 0 Å². The Kier molecular flexibility index (Phi) is 3.46. The van der Waals surface area contributed by atoms with E-state index in [1.54, 1.807) is 0 Å². The highest BCUT2D eigenvalue weighted by Crippen LogP contribution is 2.24. The molecule has 1 heterocycles. The summed E-state index contributed by atoms with van der Waals surface area (Å²) in [6.45, 7) is -0.558. The number of aromatic nitrogens is 1. The SMILES string of the molecule is CN(CCO)c1c(F)c(F)nc(F)c1F. The quantitative estimate of drug-likeness (QED) is 0.616. The van der Waals surface area contributed by atoms with E-state index >= 15 is 0 Å². The van der Waals surface area contributed by atoms with Crippen molar-refractivity contribution in [3.8, 4) is 0 Å². The van der Waals surface area contributed by atoms with Gasteiger partial charge in [0.15, 0.2) is 0 Å². The summed E-state index contributed by atoms with van der Waals surface area (Å²) in [5.41, 5.74) is -0.881. The Labute approximate surface area is 83.0 Å². The topological polar surface area (TPSA) is 36.4 Å². The van der Waals surface area contributed by atoms with Crippen LogP contribution in [0.4, 0.5) is 23.2 Å². The molecule has 0 aliphatic carbocycles. The van der Waals surface area contributed by atoms with Gasteiger partial charge in [0.25, 0.3) is 11.9 Å². The summed E-state index contributed by atoms with van der Waals surface area (Å²) in [6.07, 6.45) is 0. The number of aliphatic hydroxyl groups is 1. The summed E-state index contributed by atoms with van der Waals surface area (Å²) in [5.74, 6) is -6.59. The third-order valence-electron chi connectivity index (χ3n) is 1.79. The van der Waals surface area contributed by atoms with Crippen LogP contribution in [-0.2, 0) is 0 Å². The van der Waals surface area contributed by atoms with E-state index in [0.717, 1.165) is 4.90 Å². The second kappa shape index (κ2) is 4.43. The minimum absolute atomic E-state index is 0.156. The molecule has 7 heteroatoms. The van der Waals surface area contributed by atoms with E-state index in [4.69, 9.17) is 5.11 Å². The van der Waals surface area contributed by atoms with Gasteiger partial charge in [0.2, 0.25) is 11.6 Å². The summed E-state index contributed by atoms with van der Waals surface area (Å²) < 4.78 is 51.4. The first kappa shape index (κ1) is 11.7. The van der Waals surface area contributed by atoms with Gasteiger partial charge in [0.1, 0.15) is 5.69 Å². The molecule has 0 fully saturated rings. The van der Waals surface area contributed by atoms with Crippen molar-refractivity contribution in [3.63, 3.8) is 0 Å². The van der Waals surface area contributed by atoms with Crippen LogP contribution in [-0.4, -0.2) is 30.3 Å². The zero-order chi connectivity index (χ0) is 11.6. The molecule has 1 rings (SSSR count). The molecule has 84 valence electrons. The van der Waals surface area contributed by atoms with Crippen molar-refractivity contribution in [2.24, 2.45) is 0 Å². The smallest absolute Gasteiger partial charge is 0.253 e.